The van der Waals surface area contributed by atoms with Crippen molar-refractivity contribution in [2.45, 2.75) is 26.3 Å². The second-order valence-corrected chi connectivity index (χ2v) is 7.95. The predicted octanol–water partition coefficient (Wildman–Crippen LogP) is 5.04. The molecule has 0 aliphatic heterocycles. The number of nitrogens with one attached hydrogen (secondary N) is 1. The van der Waals surface area contributed by atoms with Crippen molar-refractivity contribution in [1.29, 1.82) is 0 Å². The monoisotopic (exact) mass is 449 g/mol. The smallest absolute Gasteiger partial charge is 0.225 e. The third kappa shape index (κ3) is 4.07. The Morgan fingerprint density at radius 1 is 1.07 bits per heavy atom. The number of hydrogen-bond acceptors (Lipinski definition) is 3. The number of aryl methyl sites for hydroxylation is 2. The van der Waals surface area contributed by atoms with Crippen molar-refractivity contribution in [1.82, 2.24) is 9.55 Å². The van der Waals surface area contributed by atoms with E-state index < -0.39 is 0 Å². The van der Waals surface area contributed by atoms with E-state index in [1.807, 2.05) is 55.5 Å². The van der Waals surface area contributed by atoms with Crippen LogP contribution in [0.3, 0.4) is 0 Å². The third-order valence-corrected chi connectivity index (χ3v) is 5.38. The number of aromatic nitrogens is 2. The lowest BCUT2D eigenvalue weighted by molar-refractivity contribution is -0.116. The largest absolute Gasteiger partial charge is 0.340 e. The van der Waals surface area contributed by atoms with Gasteiger partial charge in [0.25, 0.3) is 0 Å². The molecule has 0 fully saturated rings. The van der Waals surface area contributed by atoms with Gasteiger partial charge >= 0.3 is 0 Å². The van der Waals surface area contributed by atoms with E-state index in [4.69, 9.17) is 0 Å². The summed E-state index contributed by atoms with van der Waals surface area (Å²) in [6.07, 6.45) is 2.67. The van der Waals surface area contributed by atoms with Gasteiger partial charge in [-0.3, -0.25) is 9.59 Å². The van der Waals surface area contributed by atoms with Crippen molar-refractivity contribution in [3.63, 3.8) is 0 Å². The number of amides is 1. The van der Waals surface area contributed by atoms with E-state index >= 15 is 0 Å². The van der Waals surface area contributed by atoms with Crippen LogP contribution in [0.1, 0.15) is 18.4 Å². The molecule has 0 saturated carbocycles. The summed E-state index contributed by atoms with van der Waals surface area (Å²) in [5, 5.41) is 4.23. The number of carbonyl (C=O) groups is 1. The maximum absolute atomic E-state index is 12.9. The highest BCUT2D eigenvalue weighted by atomic mass is 79.9. The number of nitrogens with zero attached hydrogens (tertiary/aromatic N) is 2. The zero-order chi connectivity index (χ0) is 20.4. The molecule has 4 rings (SSSR count). The minimum absolute atomic E-state index is 0.0506. The molecule has 1 amide bonds. The van der Waals surface area contributed by atoms with Gasteiger partial charge in [-0.1, -0.05) is 23.8 Å². The lowest BCUT2D eigenvalue weighted by Gasteiger charge is -2.15. The van der Waals surface area contributed by atoms with Crippen molar-refractivity contribution in [3.05, 3.63) is 81.1 Å². The quantitative estimate of drug-likeness (QED) is 0.434. The van der Waals surface area contributed by atoms with Crippen LogP contribution in [0, 0.1) is 6.92 Å². The molecule has 0 radical (unpaired) electrons. The molecule has 2 aromatic heterocycles. The first-order valence-electron chi connectivity index (χ1n) is 9.46. The lowest BCUT2D eigenvalue weighted by atomic mass is 10.1. The van der Waals surface area contributed by atoms with Gasteiger partial charge in [0.05, 0.1) is 11.0 Å². The molecule has 29 heavy (non-hydrogen) atoms. The molecule has 0 unspecified atom stereocenters. The minimum atomic E-state index is -0.0784. The zero-order valence-electron chi connectivity index (χ0n) is 16.0. The molecule has 146 valence electrons. The fourth-order valence-corrected chi connectivity index (χ4v) is 3.77. The second kappa shape index (κ2) is 8.17. The molecule has 4 aromatic rings. The summed E-state index contributed by atoms with van der Waals surface area (Å²) < 4.78 is 3.00. The van der Waals surface area contributed by atoms with Crippen LogP contribution in [0.5, 0.6) is 0 Å². The fourth-order valence-electron chi connectivity index (χ4n) is 3.54. The maximum atomic E-state index is 12.9. The van der Waals surface area contributed by atoms with Gasteiger partial charge in [0.2, 0.25) is 5.91 Å². The minimum Gasteiger partial charge on any atom is -0.340 e. The number of fused-ring (bicyclic) bond motifs is 2. The van der Waals surface area contributed by atoms with E-state index in [1.54, 1.807) is 12.3 Å². The van der Waals surface area contributed by atoms with E-state index in [-0.39, 0.29) is 11.3 Å². The van der Waals surface area contributed by atoms with Gasteiger partial charge in [0.15, 0.2) is 5.43 Å². The molecule has 5 nitrogen and oxygen atoms in total. The van der Waals surface area contributed by atoms with Gasteiger partial charge < -0.3 is 9.88 Å². The number of benzene rings is 2. The summed E-state index contributed by atoms with van der Waals surface area (Å²) in [4.78, 5) is 29.4. The van der Waals surface area contributed by atoms with Crippen LogP contribution in [0.25, 0.3) is 21.8 Å². The standard InChI is InChI=1S/C23H20BrN3O2/c1-15-8-10-20-18(13-15)23(29)17-5-2-3-6-19(17)27(20)12-4-7-22(28)26-21-11-9-16(24)14-25-21/h2-3,5-6,8-11,13-14H,4,7,12H2,1H3,(H,25,26,28). The Balaban J connectivity index is 1.58. The summed E-state index contributed by atoms with van der Waals surface area (Å²) in [7, 11) is 0. The van der Waals surface area contributed by atoms with Crippen LogP contribution < -0.4 is 10.7 Å². The molecule has 0 aliphatic rings. The third-order valence-electron chi connectivity index (χ3n) is 4.91. The molecule has 0 saturated heterocycles. The number of rotatable bonds is 5. The topological polar surface area (TPSA) is 64.0 Å². The number of pyridine rings is 2. The second-order valence-electron chi connectivity index (χ2n) is 7.03. The maximum Gasteiger partial charge on any atom is 0.225 e. The summed E-state index contributed by atoms with van der Waals surface area (Å²) in [6, 6.07) is 17.2. The molecule has 0 atom stereocenters. The first-order valence-corrected chi connectivity index (χ1v) is 10.3. The number of halogens is 1. The Morgan fingerprint density at radius 2 is 1.86 bits per heavy atom. The highest BCUT2D eigenvalue weighted by Crippen LogP contribution is 2.21. The average molecular weight is 450 g/mol. The Morgan fingerprint density at radius 3 is 2.66 bits per heavy atom. The fraction of sp³-hybridized carbons (Fsp3) is 0.174. The lowest BCUT2D eigenvalue weighted by Crippen LogP contribution is -2.15. The van der Waals surface area contributed by atoms with Crippen molar-refractivity contribution >= 4 is 49.5 Å². The molecular weight excluding hydrogens is 430 g/mol. The Kier molecular flexibility index (Phi) is 5.45. The SMILES string of the molecule is Cc1ccc2c(c1)c(=O)c1ccccc1n2CCCC(=O)Nc1ccc(Br)cn1. The highest BCUT2D eigenvalue weighted by molar-refractivity contribution is 9.10. The van der Waals surface area contributed by atoms with Gasteiger partial charge in [-0.2, -0.15) is 0 Å². The van der Waals surface area contributed by atoms with Crippen LogP contribution in [-0.4, -0.2) is 15.5 Å². The molecule has 2 aromatic carbocycles. The van der Waals surface area contributed by atoms with E-state index in [9.17, 15) is 9.59 Å². The van der Waals surface area contributed by atoms with Crippen LogP contribution in [0.2, 0.25) is 0 Å². The predicted molar refractivity (Wildman–Crippen MR) is 120 cm³/mol. The highest BCUT2D eigenvalue weighted by Gasteiger charge is 2.11. The summed E-state index contributed by atoms with van der Waals surface area (Å²) in [5.41, 5.74) is 2.89. The number of hydrogen-bond donors (Lipinski definition) is 1. The van der Waals surface area contributed by atoms with Crippen molar-refractivity contribution in [2.24, 2.45) is 0 Å². The van der Waals surface area contributed by atoms with E-state index in [1.165, 1.54) is 0 Å². The molecule has 0 spiro atoms. The molecular formula is C23H20BrN3O2. The first-order chi connectivity index (χ1) is 14.0. The zero-order valence-corrected chi connectivity index (χ0v) is 17.6. The van der Waals surface area contributed by atoms with Crippen LogP contribution in [0.15, 0.2) is 70.1 Å². The average Bonchev–Trinajstić information content (AvgIpc) is 2.72. The molecule has 0 bridgehead atoms. The van der Waals surface area contributed by atoms with E-state index in [0.717, 1.165) is 21.1 Å². The Labute approximate surface area is 176 Å². The van der Waals surface area contributed by atoms with Gasteiger partial charge in [-0.15, -0.1) is 0 Å². The van der Waals surface area contributed by atoms with Crippen LogP contribution in [-0.2, 0) is 11.3 Å². The molecule has 1 N–H and O–H groups in total. The first kappa shape index (κ1) is 19.3. The van der Waals surface area contributed by atoms with Gasteiger partial charge in [0, 0.05) is 34.4 Å². The number of anilines is 1. The molecule has 6 heteroatoms. The van der Waals surface area contributed by atoms with E-state index in [2.05, 4.69) is 30.8 Å². The Hall–Kier alpha value is -2.99. The van der Waals surface area contributed by atoms with Gasteiger partial charge in [-0.05, 0) is 65.7 Å². The summed E-state index contributed by atoms with van der Waals surface area (Å²) in [5.74, 6) is 0.457. The normalized spacial score (nSPS) is 11.1. The van der Waals surface area contributed by atoms with E-state index in [0.29, 0.717) is 36.0 Å². The van der Waals surface area contributed by atoms with Crippen LogP contribution >= 0.6 is 15.9 Å². The van der Waals surface area contributed by atoms with Gasteiger partial charge in [-0.25, -0.2) is 4.98 Å². The molecule has 0 aliphatic carbocycles. The van der Waals surface area contributed by atoms with Crippen molar-refractivity contribution in [3.8, 4) is 0 Å². The van der Waals surface area contributed by atoms with Crippen molar-refractivity contribution in [2.75, 3.05) is 5.32 Å². The Bertz CT molecular complexity index is 1260. The van der Waals surface area contributed by atoms with Crippen LogP contribution in [0.4, 0.5) is 5.82 Å². The summed E-state index contributed by atoms with van der Waals surface area (Å²) >= 11 is 3.33. The number of carbonyl (C=O) groups excluding carboxylic acids is 1. The van der Waals surface area contributed by atoms with Crippen molar-refractivity contribution < 1.29 is 4.79 Å². The number of para-hydroxylation sites is 1. The molecule has 2 heterocycles. The van der Waals surface area contributed by atoms with Gasteiger partial charge in [0.1, 0.15) is 5.82 Å². The summed E-state index contributed by atoms with van der Waals surface area (Å²) in [6.45, 7) is 2.63.